The highest BCUT2D eigenvalue weighted by atomic mass is 16.2. The van der Waals surface area contributed by atoms with Gasteiger partial charge in [0.05, 0.1) is 11.9 Å². The molecule has 0 fully saturated rings. The Balaban J connectivity index is 2.53. The van der Waals surface area contributed by atoms with Gasteiger partial charge >= 0.3 is 6.03 Å². The maximum atomic E-state index is 11.9. The van der Waals surface area contributed by atoms with Crippen LogP contribution < -0.4 is 20.9 Å². The van der Waals surface area contributed by atoms with Crippen molar-refractivity contribution in [2.45, 2.75) is 39.3 Å². The Bertz CT molecular complexity index is 520. The van der Waals surface area contributed by atoms with E-state index in [1.165, 1.54) is 0 Å². The van der Waals surface area contributed by atoms with Crippen molar-refractivity contribution in [3.05, 3.63) is 18.3 Å². The lowest BCUT2D eigenvalue weighted by atomic mass is 10.1. The number of hydrogen-bond acceptors (Lipinski definition) is 4. The van der Waals surface area contributed by atoms with Crippen LogP contribution in [0, 0.1) is 0 Å². The standard InChI is InChI=1S/C15H25N5O2/c1-10(13(21)19-15(2,3)4)17-14(22)18-11-7-8-12(16-9-11)20(5)6/h7-10H,1-6H3,(H,19,21)(H2,17,18,22)/t10-/m1/s1. The van der Waals surface area contributed by atoms with Gasteiger partial charge in [-0.25, -0.2) is 9.78 Å². The summed E-state index contributed by atoms with van der Waals surface area (Å²) in [6.07, 6.45) is 1.56. The first kappa shape index (κ1) is 17.7. The molecule has 122 valence electrons. The Morgan fingerprint density at radius 2 is 1.86 bits per heavy atom. The third-order valence-electron chi connectivity index (χ3n) is 2.70. The second-order valence-corrected chi connectivity index (χ2v) is 6.36. The Morgan fingerprint density at radius 3 is 2.32 bits per heavy atom. The van der Waals surface area contributed by atoms with E-state index in [0.717, 1.165) is 5.82 Å². The first-order valence-corrected chi connectivity index (χ1v) is 7.11. The molecule has 0 aromatic carbocycles. The van der Waals surface area contributed by atoms with E-state index < -0.39 is 12.1 Å². The highest BCUT2D eigenvalue weighted by molar-refractivity contribution is 5.93. The quantitative estimate of drug-likeness (QED) is 0.788. The zero-order valence-electron chi connectivity index (χ0n) is 14.0. The Labute approximate surface area is 131 Å². The minimum Gasteiger partial charge on any atom is -0.363 e. The molecule has 1 rings (SSSR count). The van der Waals surface area contributed by atoms with E-state index in [1.807, 2.05) is 39.8 Å². The molecule has 3 N–H and O–H groups in total. The molecule has 1 aromatic rings. The number of anilines is 2. The predicted octanol–water partition coefficient (Wildman–Crippen LogP) is 1.57. The Hall–Kier alpha value is -2.31. The molecule has 1 heterocycles. The van der Waals surface area contributed by atoms with Crippen LogP contribution in [0.2, 0.25) is 0 Å². The van der Waals surface area contributed by atoms with Gasteiger partial charge in [-0.15, -0.1) is 0 Å². The van der Waals surface area contributed by atoms with Gasteiger partial charge in [0, 0.05) is 19.6 Å². The summed E-state index contributed by atoms with van der Waals surface area (Å²) in [5.41, 5.74) is 0.224. The third kappa shape index (κ3) is 5.99. The highest BCUT2D eigenvalue weighted by Crippen LogP contribution is 2.11. The molecule has 0 saturated heterocycles. The van der Waals surface area contributed by atoms with Crippen molar-refractivity contribution in [2.24, 2.45) is 0 Å². The van der Waals surface area contributed by atoms with Gasteiger partial charge in [0.2, 0.25) is 5.91 Å². The van der Waals surface area contributed by atoms with Crippen molar-refractivity contribution in [2.75, 3.05) is 24.3 Å². The van der Waals surface area contributed by atoms with Crippen LogP contribution in [0.25, 0.3) is 0 Å². The molecule has 0 saturated carbocycles. The number of carbonyl (C=O) groups excluding carboxylic acids is 2. The molecule has 7 heteroatoms. The lowest BCUT2D eigenvalue weighted by molar-refractivity contribution is -0.123. The molecule has 0 unspecified atom stereocenters. The fourth-order valence-corrected chi connectivity index (χ4v) is 1.63. The van der Waals surface area contributed by atoms with Crippen LogP contribution in [0.5, 0.6) is 0 Å². The number of pyridine rings is 1. The molecule has 0 bridgehead atoms. The molecule has 0 aliphatic heterocycles. The van der Waals surface area contributed by atoms with Crippen LogP contribution in [0.4, 0.5) is 16.3 Å². The number of urea groups is 1. The fourth-order valence-electron chi connectivity index (χ4n) is 1.63. The van der Waals surface area contributed by atoms with Gasteiger partial charge in [-0.05, 0) is 39.8 Å². The Kier molecular flexibility index (Phi) is 5.73. The molecular weight excluding hydrogens is 282 g/mol. The second-order valence-electron chi connectivity index (χ2n) is 6.36. The van der Waals surface area contributed by atoms with E-state index in [2.05, 4.69) is 20.9 Å². The third-order valence-corrected chi connectivity index (χ3v) is 2.70. The largest absolute Gasteiger partial charge is 0.363 e. The molecule has 3 amide bonds. The first-order chi connectivity index (χ1) is 10.1. The number of rotatable bonds is 4. The molecule has 0 aliphatic rings. The van der Waals surface area contributed by atoms with Gasteiger partial charge in [-0.1, -0.05) is 0 Å². The van der Waals surface area contributed by atoms with Gasteiger partial charge in [0.15, 0.2) is 0 Å². The number of nitrogens with zero attached hydrogens (tertiary/aromatic N) is 2. The number of nitrogens with one attached hydrogen (secondary N) is 3. The van der Waals surface area contributed by atoms with Gasteiger partial charge < -0.3 is 20.9 Å². The van der Waals surface area contributed by atoms with E-state index in [-0.39, 0.29) is 11.4 Å². The maximum Gasteiger partial charge on any atom is 0.319 e. The van der Waals surface area contributed by atoms with Crippen molar-refractivity contribution >= 4 is 23.4 Å². The van der Waals surface area contributed by atoms with Crippen LogP contribution in [0.3, 0.4) is 0 Å². The minimum atomic E-state index is -0.631. The van der Waals surface area contributed by atoms with Gasteiger partial charge in [0.25, 0.3) is 0 Å². The summed E-state index contributed by atoms with van der Waals surface area (Å²) in [5, 5.41) is 8.04. The highest BCUT2D eigenvalue weighted by Gasteiger charge is 2.20. The van der Waals surface area contributed by atoms with E-state index in [4.69, 9.17) is 0 Å². The molecule has 1 aromatic heterocycles. The fraction of sp³-hybridized carbons (Fsp3) is 0.533. The molecule has 0 aliphatic carbocycles. The molecule has 1 atom stereocenters. The minimum absolute atomic E-state index is 0.233. The predicted molar refractivity (Wildman–Crippen MR) is 88.1 cm³/mol. The average molecular weight is 307 g/mol. The zero-order valence-corrected chi connectivity index (χ0v) is 14.0. The SMILES string of the molecule is C[C@@H](NC(=O)Nc1ccc(N(C)C)nc1)C(=O)NC(C)(C)C. The van der Waals surface area contributed by atoms with Crippen molar-refractivity contribution in [3.63, 3.8) is 0 Å². The van der Waals surface area contributed by atoms with E-state index >= 15 is 0 Å². The van der Waals surface area contributed by atoms with Gasteiger partial charge in [-0.3, -0.25) is 4.79 Å². The summed E-state index contributed by atoms with van der Waals surface area (Å²) in [6.45, 7) is 7.29. The maximum absolute atomic E-state index is 11.9. The van der Waals surface area contributed by atoms with Crippen molar-refractivity contribution in [3.8, 4) is 0 Å². The summed E-state index contributed by atoms with van der Waals surface area (Å²) in [6, 6.07) is 2.47. The summed E-state index contributed by atoms with van der Waals surface area (Å²) in [5.74, 6) is 0.563. The Morgan fingerprint density at radius 1 is 1.23 bits per heavy atom. The molecule has 7 nitrogen and oxygen atoms in total. The number of aromatic nitrogens is 1. The summed E-state index contributed by atoms with van der Waals surface area (Å²) >= 11 is 0. The van der Waals surface area contributed by atoms with Crippen LogP contribution in [0.1, 0.15) is 27.7 Å². The number of carbonyl (C=O) groups is 2. The topological polar surface area (TPSA) is 86.4 Å². The van der Waals surface area contributed by atoms with Crippen LogP contribution in [-0.2, 0) is 4.79 Å². The van der Waals surface area contributed by atoms with Crippen molar-refractivity contribution in [1.29, 1.82) is 0 Å². The lowest BCUT2D eigenvalue weighted by Crippen LogP contribution is -2.51. The monoisotopic (exact) mass is 307 g/mol. The molecule has 0 spiro atoms. The number of amides is 3. The zero-order chi connectivity index (χ0) is 16.9. The molecule has 0 radical (unpaired) electrons. The summed E-state index contributed by atoms with van der Waals surface area (Å²) in [4.78, 5) is 29.8. The van der Waals surface area contributed by atoms with E-state index in [0.29, 0.717) is 5.69 Å². The first-order valence-electron chi connectivity index (χ1n) is 7.11. The lowest BCUT2D eigenvalue weighted by Gasteiger charge is -2.23. The molecular formula is C15H25N5O2. The smallest absolute Gasteiger partial charge is 0.319 e. The number of hydrogen-bond donors (Lipinski definition) is 3. The van der Waals surface area contributed by atoms with Crippen molar-refractivity contribution < 1.29 is 9.59 Å². The second kappa shape index (κ2) is 7.11. The van der Waals surface area contributed by atoms with Crippen LogP contribution >= 0.6 is 0 Å². The van der Waals surface area contributed by atoms with E-state index in [9.17, 15) is 9.59 Å². The molecule has 22 heavy (non-hydrogen) atoms. The van der Waals surface area contributed by atoms with E-state index in [1.54, 1.807) is 25.3 Å². The summed E-state index contributed by atoms with van der Waals surface area (Å²) in [7, 11) is 3.77. The summed E-state index contributed by atoms with van der Waals surface area (Å²) < 4.78 is 0. The van der Waals surface area contributed by atoms with Gasteiger partial charge in [0.1, 0.15) is 11.9 Å². The van der Waals surface area contributed by atoms with Crippen LogP contribution in [-0.4, -0.2) is 42.6 Å². The van der Waals surface area contributed by atoms with Crippen LogP contribution in [0.15, 0.2) is 18.3 Å². The normalized spacial score (nSPS) is 12.3. The average Bonchev–Trinajstić information content (AvgIpc) is 2.37. The van der Waals surface area contributed by atoms with Gasteiger partial charge in [-0.2, -0.15) is 0 Å². The van der Waals surface area contributed by atoms with Crippen molar-refractivity contribution in [1.82, 2.24) is 15.6 Å².